The van der Waals surface area contributed by atoms with Crippen LogP contribution in [0.5, 0.6) is 11.5 Å². The third-order valence-electron chi connectivity index (χ3n) is 9.38. The average molecular weight is 664 g/mol. The van der Waals surface area contributed by atoms with Crippen LogP contribution < -0.4 is 4.74 Å². The van der Waals surface area contributed by atoms with Gasteiger partial charge in [-0.05, 0) is 51.6 Å². The number of hydrogen-bond donors (Lipinski definition) is 6. The average Bonchev–Trinajstić information content (AvgIpc) is 3.35. The number of aromatic hydroxyl groups is 1. The fourth-order valence-corrected chi connectivity index (χ4v) is 6.85. The number of aliphatic hydroxyl groups is 2. The van der Waals surface area contributed by atoms with E-state index in [0.717, 1.165) is 5.56 Å². The number of aliphatic carboxylic acids is 3. The van der Waals surface area contributed by atoms with Crippen LogP contribution >= 0.6 is 0 Å². The minimum atomic E-state index is -2.16. The highest BCUT2D eigenvalue weighted by molar-refractivity contribution is 5.91. The van der Waals surface area contributed by atoms with Crippen LogP contribution in [0.15, 0.2) is 24.0 Å². The molecule has 0 bridgehead atoms. The first-order valence-electron chi connectivity index (χ1n) is 14.8. The fraction of sp³-hybridized carbons (Fsp3) is 0.548. The van der Waals surface area contributed by atoms with E-state index < -0.39 is 103 Å². The summed E-state index contributed by atoms with van der Waals surface area (Å²) in [5, 5.41) is 59.8. The van der Waals surface area contributed by atoms with Gasteiger partial charge in [0.2, 0.25) is 6.10 Å². The Morgan fingerprint density at radius 2 is 1.72 bits per heavy atom. The van der Waals surface area contributed by atoms with Gasteiger partial charge < -0.3 is 49.7 Å². The minimum absolute atomic E-state index is 0.00201. The van der Waals surface area contributed by atoms with E-state index in [4.69, 9.17) is 24.4 Å². The Kier molecular flexibility index (Phi) is 9.99. The molecule has 0 radical (unpaired) electrons. The maximum Gasteiger partial charge on any atom is 0.345 e. The van der Waals surface area contributed by atoms with Crippen LogP contribution in [0.4, 0.5) is 0 Å². The molecular weight excluding hydrogens is 626 g/mol. The number of aryl methyl sites for hydroxylation is 1. The lowest BCUT2D eigenvalue weighted by Gasteiger charge is -2.58. The highest BCUT2D eigenvalue weighted by atomic mass is 16.6. The van der Waals surface area contributed by atoms with Gasteiger partial charge in [-0.1, -0.05) is 6.07 Å². The standard InChI is InChI=1S/C31H37NO15/c1-14-4-5-18(34)25-24(14)30-8-9-32(3)15(2)31(30,44)7-6-20(26(30)47-25)45-23(38)11-16(10-17(33)12-19(35)27(39)40)29(43)46-21(28(41)42)13-22(36)37/h4-6,15-16,19,21,26,34-35,44H,7-13H2,1-3H3,(H,36,37)(H,39,40)(H,41,42)/t15-,16+,19+,21+,26+,30+,31-/m1/s1. The number of Topliss-reactive ketones (excluding diaryl/α,β-unsaturated/α-hetero) is 1. The molecule has 0 unspecified atom stereocenters. The van der Waals surface area contributed by atoms with Crippen LogP contribution in [0.1, 0.15) is 56.6 Å². The summed E-state index contributed by atoms with van der Waals surface area (Å²) in [7, 11) is 1.86. The van der Waals surface area contributed by atoms with Crippen LogP contribution in [0.2, 0.25) is 0 Å². The van der Waals surface area contributed by atoms with Gasteiger partial charge in [-0.25, -0.2) is 9.59 Å². The number of ether oxygens (including phenoxy) is 3. The Morgan fingerprint density at radius 1 is 1.04 bits per heavy atom. The molecule has 0 amide bonds. The summed E-state index contributed by atoms with van der Waals surface area (Å²) < 4.78 is 16.7. The second kappa shape index (κ2) is 13.3. The van der Waals surface area contributed by atoms with Crippen molar-refractivity contribution in [3.63, 3.8) is 0 Å². The monoisotopic (exact) mass is 663 g/mol. The number of carbonyl (C=O) groups excluding carboxylic acids is 3. The molecule has 1 saturated heterocycles. The maximum absolute atomic E-state index is 13.4. The van der Waals surface area contributed by atoms with Crippen molar-refractivity contribution in [3.05, 3.63) is 35.1 Å². The van der Waals surface area contributed by atoms with Gasteiger partial charge in [-0.2, -0.15) is 0 Å². The molecule has 0 aromatic heterocycles. The summed E-state index contributed by atoms with van der Waals surface area (Å²) in [6, 6.07) is 2.73. The van der Waals surface area contributed by atoms with Crippen LogP contribution in [-0.2, 0) is 43.7 Å². The predicted molar refractivity (Wildman–Crippen MR) is 155 cm³/mol. The molecular formula is C31H37NO15. The number of carboxylic acid groups (broad SMARTS) is 3. The van der Waals surface area contributed by atoms with Crippen molar-refractivity contribution in [2.75, 3.05) is 13.6 Å². The molecule has 47 heavy (non-hydrogen) atoms. The Bertz CT molecular complexity index is 1520. The number of likely N-dealkylation sites (tertiary alicyclic amines) is 1. The second-order valence-electron chi connectivity index (χ2n) is 12.3. The van der Waals surface area contributed by atoms with Gasteiger partial charge in [0.1, 0.15) is 11.5 Å². The Morgan fingerprint density at radius 3 is 2.34 bits per heavy atom. The first-order chi connectivity index (χ1) is 21.9. The molecule has 256 valence electrons. The van der Waals surface area contributed by atoms with Gasteiger partial charge in [0.05, 0.1) is 29.8 Å². The summed E-state index contributed by atoms with van der Waals surface area (Å²) in [5.41, 5.74) is -1.32. The molecule has 7 atom stereocenters. The van der Waals surface area contributed by atoms with Crippen molar-refractivity contribution < 1.29 is 73.6 Å². The van der Waals surface area contributed by atoms with Crippen molar-refractivity contribution in [2.24, 2.45) is 5.92 Å². The van der Waals surface area contributed by atoms with Gasteiger partial charge in [0.25, 0.3) is 0 Å². The summed E-state index contributed by atoms with van der Waals surface area (Å²) in [6.45, 7) is 4.16. The molecule has 1 aliphatic carbocycles. The normalized spacial score (nSPS) is 26.6. The molecule has 3 aliphatic rings. The van der Waals surface area contributed by atoms with Crippen LogP contribution in [0.25, 0.3) is 0 Å². The second-order valence-corrected chi connectivity index (χ2v) is 12.3. The molecule has 2 aliphatic heterocycles. The van der Waals surface area contributed by atoms with Crippen molar-refractivity contribution in [3.8, 4) is 11.5 Å². The Labute approximate surface area is 268 Å². The van der Waals surface area contributed by atoms with E-state index in [0.29, 0.717) is 18.5 Å². The molecule has 1 aromatic rings. The summed E-state index contributed by atoms with van der Waals surface area (Å²) >= 11 is 0. The van der Waals surface area contributed by atoms with Gasteiger partial charge >= 0.3 is 29.8 Å². The smallest absolute Gasteiger partial charge is 0.345 e. The third kappa shape index (κ3) is 6.53. The number of hydrogen-bond acceptors (Lipinski definition) is 13. The molecule has 4 rings (SSSR count). The fourth-order valence-electron chi connectivity index (χ4n) is 6.85. The van der Waals surface area contributed by atoms with Crippen molar-refractivity contribution >= 4 is 35.6 Å². The number of ketones is 1. The number of fused-ring (bicyclic) bond motifs is 1. The van der Waals surface area contributed by atoms with E-state index in [2.05, 4.69) is 0 Å². The zero-order valence-corrected chi connectivity index (χ0v) is 25.9. The number of nitrogens with zero attached hydrogens (tertiary/aromatic N) is 1. The zero-order valence-electron chi connectivity index (χ0n) is 25.9. The number of likely N-dealkylation sites (N-methyl/N-ethyl adjacent to an activating group) is 1. The van der Waals surface area contributed by atoms with Gasteiger partial charge in [-0.15, -0.1) is 0 Å². The number of phenolic OH excluding ortho intramolecular Hbond substituents is 1. The summed E-state index contributed by atoms with van der Waals surface area (Å²) in [4.78, 5) is 74.5. The topological polar surface area (TPSA) is 255 Å². The molecule has 6 N–H and O–H groups in total. The number of carboxylic acids is 3. The number of carbonyl (C=O) groups is 6. The van der Waals surface area contributed by atoms with Crippen molar-refractivity contribution in [1.82, 2.24) is 4.90 Å². The molecule has 1 fully saturated rings. The SMILES string of the molecule is Cc1ccc(O)c2c1[C@]13CCN(C)[C@H](C)[C@]1(O)CC=C(OC(=O)C[C@H](CC(=O)C[C@H](O)C(=O)O)C(=O)O[C@@H](CC(=O)O)C(=O)O)[C@@H]3O2. The van der Waals surface area contributed by atoms with Crippen molar-refractivity contribution in [1.29, 1.82) is 0 Å². The zero-order chi connectivity index (χ0) is 35.0. The largest absolute Gasteiger partial charge is 0.504 e. The molecule has 0 saturated carbocycles. The highest BCUT2D eigenvalue weighted by Crippen LogP contribution is 2.62. The highest BCUT2D eigenvalue weighted by Gasteiger charge is 2.69. The van der Waals surface area contributed by atoms with E-state index in [1.165, 1.54) is 12.1 Å². The number of rotatable bonds is 13. The van der Waals surface area contributed by atoms with Crippen LogP contribution in [0.3, 0.4) is 0 Å². The Hall–Kier alpha value is -4.54. The number of esters is 2. The lowest BCUT2D eigenvalue weighted by atomic mass is 9.54. The van der Waals surface area contributed by atoms with Crippen molar-refractivity contribution in [2.45, 2.75) is 87.7 Å². The summed E-state index contributed by atoms with van der Waals surface area (Å²) in [6.07, 6.45) is -7.42. The lowest BCUT2D eigenvalue weighted by molar-refractivity contribution is -0.172. The first-order valence-corrected chi connectivity index (χ1v) is 14.8. The quantitative estimate of drug-likeness (QED) is 0.155. The first kappa shape index (κ1) is 35.3. The molecule has 16 nitrogen and oxygen atoms in total. The minimum Gasteiger partial charge on any atom is -0.504 e. The molecule has 1 spiro atoms. The van der Waals surface area contributed by atoms with Crippen LogP contribution in [-0.4, -0.2) is 115 Å². The predicted octanol–water partition coefficient (Wildman–Crippen LogP) is 0.258. The summed E-state index contributed by atoms with van der Waals surface area (Å²) in [5.74, 6) is -10.5. The number of benzene rings is 1. The Balaban J connectivity index is 1.63. The van der Waals surface area contributed by atoms with E-state index in [9.17, 15) is 49.2 Å². The van der Waals surface area contributed by atoms with Gasteiger partial charge in [-0.3, -0.25) is 19.2 Å². The van der Waals surface area contributed by atoms with Gasteiger partial charge in [0.15, 0.2) is 23.7 Å². The molecule has 1 aromatic carbocycles. The van der Waals surface area contributed by atoms with Crippen LogP contribution in [0, 0.1) is 12.8 Å². The number of aliphatic hydroxyl groups excluding tert-OH is 1. The number of piperidine rings is 1. The van der Waals surface area contributed by atoms with Gasteiger partial charge in [0, 0.05) is 30.9 Å². The molecule has 2 heterocycles. The van der Waals surface area contributed by atoms with E-state index in [1.807, 2.05) is 18.9 Å². The maximum atomic E-state index is 13.4. The number of phenols is 1. The van der Waals surface area contributed by atoms with E-state index in [-0.39, 0.29) is 23.7 Å². The molecule has 16 heteroatoms. The van der Waals surface area contributed by atoms with E-state index in [1.54, 1.807) is 13.0 Å². The lowest BCUT2D eigenvalue weighted by Crippen LogP contribution is -2.71. The van der Waals surface area contributed by atoms with E-state index >= 15 is 0 Å². The third-order valence-corrected chi connectivity index (χ3v) is 9.38.